The quantitative estimate of drug-likeness (QED) is 0.793. The normalized spacial score (nSPS) is 9.93. The fourth-order valence-corrected chi connectivity index (χ4v) is 1.68. The number of anilines is 1. The van der Waals surface area contributed by atoms with Crippen LogP contribution >= 0.6 is 11.3 Å². The predicted octanol–water partition coefficient (Wildman–Crippen LogP) is 2.53. The molecule has 3 nitrogen and oxygen atoms in total. The first-order valence-corrected chi connectivity index (χ1v) is 5.15. The van der Waals surface area contributed by atoms with E-state index in [0.717, 1.165) is 0 Å². The number of aromatic nitrogens is 1. The van der Waals surface area contributed by atoms with Crippen molar-refractivity contribution in [3.05, 3.63) is 46.7 Å². The van der Waals surface area contributed by atoms with E-state index in [2.05, 4.69) is 10.3 Å². The Morgan fingerprint density at radius 1 is 1.40 bits per heavy atom. The molecule has 2 rings (SSSR count). The summed E-state index contributed by atoms with van der Waals surface area (Å²) >= 11 is 1.44. The average molecular weight is 222 g/mol. The van der Waals surface area contributed by atoms with Gasteiger partial charge in [0.1, 0.15) is 0 Å². The number of nitrogens with zero attached hydrogens (tertiary/aromatic N) is 1. The third-order valence-electron chi connectivity index (χ3n) is 1.77. The molecule has 2 heterocycles. The summed E-state index contributed by atoms with van der Waals surface area (Å²) in [4.78, 5) is 15.0. The number of nitrogens with one attached hydrogen (secondary N) is 1. The second-order valence-corrected chi connectivity index (χ2v) is 3.62. The van der Waals surface area contributed by atoms with Crippen LogP contribution in [0.15, 0.2) is 35.2 Å². The van der Waals surface area contributed by atoms with Gasteiger partial charge >= 0.3 is 0 Å². The lowest BCUT2D eigenvalue weighted by Gasteiger charge is -2.02. The van der Waals surface area contributed by atoms with Crippen molar-refractivity contribution in [1.82, 2.24) is 4.98 Å². The number of amides is 1. The third kappa shape index (κ3) is 2.38. The highest BCUT2D eigenvalue weighted by Gasteiger charge is 2.05. The molecule has 0 fully saturated rings. The standard InChI is InChI=1S/C10H7FN2OS/c11-9-2-1-8(5-12-9)13-10(14)7-3-4-15-6-7/h1-6H,(H,13,14). The van der Waals surface area contributed by atoms with Gasteiger partial charge in [0.15, 0.2) is 0 Å². The minimum absolute atomic E-state index is 0.218. The summed E-state index contributed by atoms with van der Waals surface area (Å²) < 4.78 is 12.5. The highest BCUT2D eigenvalue weighted by atomic mass is 32.1. The molecule has 0 aliphatic carbocycles. The van der Waals surface area contributed by atoms with E-state index in [-0.39, 0.29) is 5.91 Å². The molecule has 0 aromatic carbocycles. The second kappa shape index (κ2) is 4.18. The molecule has 1 amide bonds. The Morgan fingerprint density at radius 3 is 2.87 bits per heavy atom. The minimum Gasteiger partial charge on any atom is -0.321 e. The first-order valence-electron chi connectivity index (χ1n) is 4.21. The fourth-order valence-electron chi connectivity index (χ4n) is 1.05. The smallest absolute Gasteiger partial charge is 0.256 e. The number of hydrogen-bond acceptors (Lipinski definition) is 3. The molecule has 0 saturated carbocycles. The van der Waals surface area contributed by atoms with E-state index in [1.54, 1.807) is 11.4 Å². The number of thiophene rings is 1. The summed E-state index contributed by atoms with van der Waals surface area (Å²) in [6.45, 7) is 0. The maximum Gasteiger partial charge on any atom is 0.256 e. The Bertz CT molecular complexity index is 453. The van der Waals surface area contributed by atoms with Crippen LogP contribution in [-0.4, -0.2) is 10.9 Å². The van der Waals surface area contributed by atoms with Gasteiger partial charge in [-0.3, -0.25) is 4.79 Å². The Hall–Kier alpha value is -1.75. The van der Waals surface area contributed by atoms with Crippen molar-refractivity contribution >= 4 is 22.9 Å². The molecule has 0 radical (unpaired) electrons. The van der Waals surface area contributed by atoms with Gasteiger partial charge in [-0.15, -0.1) is 0 Å². The molecule has 2 aromatic heterocycles. The Morgan fingerprint density at radius 2 is 2.27 bits per heavy atom. The van der Waals surface area contributed by atoms with Gasteiger partial charge in [-0.1, -0.05) is 0 Å². The fraction of sp³-hybridized carbons (Fsp3) is 0. The first-order chi connectivity index (χ1) is 7.25. The molecule has 0 bridgehead atoms. The average Bonchev–Trinajstić information content (AvgIpc) is 2.74. The summed E-state index contributed by atoms with van der Waals surface area (Å²) in [6.07, 6.45) is 1.28. The van der Waals surface area contributed by atoms with Crippen molar-refractivity contribution in [2.45, 2.75) is 0 Å². The van der Waals surface area contributed by atoms with E-state index >= 15 is 0 Å². The summed E-state index contributed by atoms with van der Waals surface area (Å²) in [5, 5.41) is 6.17. The number of pyridine rings is 1. The molecule has 0 spiro atoms. The second-order valence-electron chi connectivity index (χ2n) is 2.84. The Balaban J connectivity index is 2.09. The zero-order valence-corrected chi connectivity index (χ0v) is 8.42. The monoisotopic (exact) mass is 222 g/mol. The third-order valence-corrected chi connectivity index (χ3v) is 2.45. The van der Waals surface area contributed by atoms with Crippen LogP contribution in [0.3, 0.4) is 0 Å². The zero-order chi connectivity index (χ0) is 10.7. The number of halogens is 1. The van der Waals surface area contributed by atoms with Crippen molar-refractivity contribution < 1.29 is 9.18 Å². The molecular formula is C10H7FN2OS. The topological polar surface area (TPSA) is 42.0 Å². The van der Waals surface area contributed by atoms with Crippen LogP contribution in [0, 0.1) is 5.95 Å². The van der Waals surface area contributed by atoms with Crippen LogP contribution < -0.4 is 5.32 Å². The van der Waals surface area contributed by atoms with E-state index in [1.165, 1.54) is 29.7 Å². The van der Waals surface area contributed by atoms with E-state index in [4.69, 9.17) is 0 Å². The van der Waals surface area contributed by atoms with Gasteiger partial charge < -0.3 is 5.32 Å². The SMILES string of the molecule is O=C(Nc1ccc(F)nc1)c1ccsc1. The summed E-state index contributed by atoms with van der Waals surface area (Å²) in [6, 6.07) is 4.38. The molecule has 0 aliphatic heterocycles. The van der Waals surface area contributed by atoms with Crippen LogP contribution in [-0.2, 0) is 0 Å². The van der Waals surface area contributed by atoms with E-state index in [9.17, 15) is 9.18 Å². The van der Waals surface area contributed by atoms with Gasteiger partial charge in [-0.2, -0.15) is 15.7 Å². The molecule has 0 aliphatic rings. The first kappa shape index (κ1) is 9.79. The molecular weight excluding hydrogens is 215 g/mol. The number of rotatable bonds is 2. The van der Waals surface area contributed by atoms with E-state index in [1.807, 2.05) is 5.38 Å². The van der Waals surface area contributed by atoms with Crippen LogP contribution in [0.25, 0.3) is 0 Å². The van der Waals surface area contributed by atoms with Crippen LogP contribution in [0.4, 0.5) is 10.1 Å². The lowest BCUT2D eigenvalue weighted by atomic mass is 10.3. The van der Waals surface area contributed by atoms with E-state index in [0.29, 0.717) is 11.3 Å². The van der Waals surface area contributed by atoms with Crippen LogP contribution in [0.5, 0.6) is 0 Å². The molecule has 1 N–H and O–H groups in total. The van der Waals surface area contributed by atoms with Crippen molar-refractivity contribution in [2.75, 3.05) is 5.32 Å². The lowest BCUT2D eigenvalue weighted by Crippen LogP contribution is -2.10. The van der Waals surface area contributed by atoms with Gasteiger partial charge in [0.05, 0.1) is 17.4 Å². The van der Waals surface area contributed by atoms with Crippen molar-refractivity contribution in [3.63, 3.8) is 0 Å². The summed E-state index contributed by atoms with van der Waals surface area (Å²) in [5.74, 6) is -0.784. The highest BCUT2D eigenvalue weighted by molar-refractivity contribution is 7.08. The highest BCUT2D eigenvalue weighted by Crippen LogP contribution is 2.10. The van der Waals surface area contributed by atoms with Gasteiger partial charge in [0.2, 0.25) is 5.95 Å². The maximum atomic E-state index is 12.5. The van der Waals surface area contributed by atoms with Crippen LogP contribution in [0.1, 0.15) is 10.4 Å². The zero-order valence-electron chi connectivity index (χ0n) is 7.61. The summed E-state index contributed by atoms with van der Waals surface area (Å²) in [7, 11) is 0. The number of hydrogen-bond donors (Lipinski definition) is 1. The molecule has 0 unspecified atom stereocenters. The largest absolute Gasteiger partial charge is 0.321 e. The molecule has 0 saturated heterocycles. The van der Waals surface area contributed by atoms with Crippen molar-refractivity contribution in [3.8, 4) is 0 Å². The van der Waals surface area contributed by atoms with Gasteiger partial charge in [0, 0.05) is 5.38 Å². The molecule has 76 valence electrons. The molecule has 15 heavy (non-hydrogen) atoms. The Labute approximate surface area is 89.6 Å². The van der Waals surface area contributed by atoms with Gasteiger partial charge in [-0.05, 0) is 23.6 Å². The summed E-state index contributed by atoms with van der Waals surface area (Å²) in [5.41, 5.74) is 1.07. The number of carbonyl (C=O) groups excluding carboxylic acids is 1. The molecule has 5 heteroatoms. The molecule has 0 atom stereocenters. The Kier molecular flexibility index (Phi) is 2.73. The maximum absolute atomic E-state index is 12.5. The van der Waals surface area contributed by atoms with Crippen molar-refractivity contribution in [1.29, 1.82) is 0 Å². The van der Waals surface area contributed by atoms with Gasteiger partial charge in [-0.25, -0.2) is 4.98 Å². The van der Waals surface area contributed by atoms with Crippen molar-refractivity contribution in [2.24, 2.45) is 0 Å². The van der Waals surface area contributed by atoms with Gasteiger partial charge in [0.25, 0.3) is 5.91 Å². The van der Waals surface area contributed by atoms with E-state index < -0.39 is 5.95 Å². The minimum atomic E-state index is -0.566. The van der Waals surface area contributed by atoms with Crippen LogP contribution in [0.2, 0.25) is 0 Å². The number of carbonyl (C=O) groups is 1. The predicted molar refractivity (Wildman–Crippen MR) is 56.5 cm³/mol. The lowest BCUT2D eigenvalue weighted by molar-refractivity contribution is 0.102. The molecule has 2 aromatic rings.